The van der Waals surface area contributed by atoms with Crippen LogP contribution in [0.1, 0.15) is 23.9 Å². The molecule has 0 amide bonds. The molecule has 2 rings (SSSR count). The Bertz CT molecular complexity index is 605. The average molecular weight is 343 g/mol. The lowest BCUT2D eigenvalue weighted by atomic mass is 9.88. The van der Waals surface area contributed by atoms with Gasteiger partial charge in [0.1, 0.15) is 0 Å². The first kappa shape index (κ1) is 14.6. The van der Waals surface area contributed by atoms with Crippen molar-refractivity contribution >= 4 is 27.5 Å². The number of hydrogen-bond donors (Lipinski definition) is 1. The van der Waals surface area contributed by atoms with Crippen LogP contribution in [-0.2, 0) is 19.0 Å². The van der Waals surface area contributed by atoms with Crippen LogP contribution in [0.25, 0.3) is 0 Å². The fourth-order valence-electron chi connectivity index (χ4n) is 2.24. The number of aryl methyl sites for hydroxylation is 2. The molecule has 19 heavy (non-hydrogen) atoms. The van der Waals surface area contributed by atoms with Gasteiger partial charge in [-0.15, -0.1) is 0 Å². The first-order valence-corrected chi connectivity index (χ1v) is 7.22. The van der Waals surface area contributed by atoms with Crippen LogP contribution in [0, 0.1) is 6.92 Å². The SMILES string of the molecule is Cc1nn(C)c(CC(C)(N)c2ccccc2Cl)c1Br. The van der Waals surface area contributed by atoms with Crippen LogP contribution in [0.15, 0.2) is 28.7 Å². The minimum Gasteiger partial charge on any atom is -0.321 e. The van der Waals surface area contributed by atoms with Crippen molar-refractivity contribution in [1.82, 2.24) is 9.78 Å². The molecule has 3 nitrogen and oxygen atoms in total. The van der Waals surface area contributed by atoms with Gasteiger partial charge in [-0.3, -0.25) is 4.68 Å². The highest BCUT2D eigenvalue weighted by molar-refractivity contribution is 9.10. The van der Waals surface area contributed by atoms with Crippen LogP contribution in [0.5, 0.6) is 0 Å². The fraction of sp³-hybridized carbons (Fsp3) is 0.357. The average Bonchev–Trinajstić information content (AvgIpc) is 2.56. The molecule has 0 bridgehead atoms. The summed E-state index contributed by atoms with van der Waals surface area (Å²) in [4.78, 5) is 0. The summed E-state index contributed by atoms with van der Waals surface area (Å²) in [5, 5.41) is 5.09. The monoisotopic (exact) mass is 341 g/mol. The second kappa shape index (κ2) is 5.27. The second-order valence-electron chi connectivity index (χ2n) is 5.04. The van der Waals surface area contributed by atoms with E-state index in [9.17, 15) is 0 Å². The molecule has 0 aliphatic carbocycles. The maximum atomic E-state index is 6.47. The minimum absolute atomic E-state index is 0.541. The van der Waals surface area contributed by atoms with E-state index >= 15 is 0 Å². The summed E-state index contributed by atoms with van der Waals surface area (Å²) in [7, 11) is 1.93. The van der Waals surface area contributed by atoms with Crippen LogP contribution in [0.2, 0.25) is 5.02 Å². The van der Waals surface area contributed by atoms with Gasteiger partial charge in [0.15, 0.2) is 0 Å². The van der Waals surface area contributed by atoms with Gasteiger partial charge in [-0.1, -0.05) is 29.8 Å². The van der Waals surface area contributed by atoms with Crippen molar-refractivity contribution in [2.45, 2.75) is 25.8 Å². The highest BCUT2D eigenvalue weighted by Gasteiger charge is 2.27. The fourth-order valence-corrected chi connectivity index (χ4v) is 3.07. The van der Waals surface area contributed by atoms with Crippen molar-refractivity contribution in [3.63, 3.8) is 0 Å². The van der Waals surface area contributed by atoms with Crippen LogP contribution in [-0.4, -0.2) is 9.78 Å². The Kier molecular flexibility index (Phi) is 4.04. The summed E-state index contributed by atoms with van der Waals surface area (Å²) in [5.74, 6) is 0. The van der Waals surface area contributed by atoms with Gasteiger partial charge < -0.3 is 5.73 Å². The largest absolute Gasteiger partial charge is 0.321 e. The van der Waals surface area contributed by atoms with Gasteiger partial charge in [0, 0.05) is 24.0 Å². The highest BCUT2D eigenvalue weighted by atomic mass is 79.9. The molecule has 1 aromatic heterocycles. The summed E-state index contributed by atoms with van der Waals surface area (Å²) in [6.07, 6.45) is 0.661. The number of aromatic nitrogens is 2. The molecule has 5 heteroatoms. The molecule has 0 saturated heterocycles. The lowest BCUT2D eigenvalue weighted by Gasteiger charge is -2.26. The normalized spacial score (nSPS) is 14.4. The number of rotatable bonds is 3. The van der Waals surface area contributed by atoms with E-state index < -0.39 is 5.54 Å². The van der Waals surface area contributed by atoms with E-state index in [0.717, 1.165) is 21.4 Å². The molecular weight excluding hydrogens is 326 g/mol. The molecule has 0 spiro atoms. The van der Waals surface area contributed by atoms with Crippen molar-refractivity contribution in [1.29, 1.82) is 0 Å². The molecule has 2 aromatic rings. The summed E-state index contributed by atoms with van der Waals surface area (Å²) in [5.41, 5.74) is 8.91. The van der Waals surface area contributed by atoms with Crippen molar-refractivity contribution in [3.8, 4) is 0 Å². The summed E-state index contributed by atoms with van der Waals surface area (Å²) in [6, 6.07) is 7.70. The predicted molar refractivity (Wildman–Crippen MR) is 82.3 cm³/mol. The van der Waals surface area contributed by atoms with E-state index in [1.165, 1.54) is 0 Å². The van der Waals surface area contributed by atoms with Crippen LogP contribution in [0.3, 0.4) is 0 Å². The zero-order valence-corrected chi connectivity index (χ0v) is 13.6. The van der Waals surface area contributed by atoms with Gasteiger partial charge in [-0.25, -0.2) is 0 Å². The van der Waals surface area contributed by atoms with Gasteiger partial charge in [-0.2, -0.15) is 5.10 Å². The summed E-state index contributed by atoms with van der Waals surface area (Å²) in [6.45, 7) is 3.96. The number of halogens is 2. The highest BCUT2D eigenvalue weighted by Crippen LogP contribution is 2.31. The van der Waals surface area contributed by atoms with Crippen LogP contribution < -0.4 is 5.73 Å². The Balaban J connectivity index is 2.39. The molecule has 102 valence electrons. The van der Waals surface area contributed by atoms with Gasteiger partial charge in [0.25, 0.3) is 0 Å². The second-order valence-corrected chi connectivity index (χ2v) is 6.24. The molecule has 0 aliphatic heterocycles. The number of nitrogens with two attached hydrogens (primary N) is 1. The number of hydrogen-bond acceptors (Lipinski definition) is 2. The molecule has 1 aromatic carbocycles. The van der Waals surface area contributed by atoms with E-state index in [1.54, 1.807) is 0 Å². The zero-order valence-electron chi connectivity index (χ0n) is 11.2. The van der Waals surface area contributed by atoms with E-state index in [-0.39, 0.29) is 0 Å². The third-order valence-electron chi connectivity index (χ3n) is 3.29. The van der Waals surface area contributed by atoms with E-state index in [4.69, 9.17) is 17.3 Å². The molecule has 1 heterocycles. The Morgan fingerprint density at radius 1 is 1.42 bits per heavy atom. The van der Waals surface area contributed by atoms with E-state index in [2.05, 4.69) is 21.0 Å². The third-order valence-corrected chi connectivity index (χ3v) is 4.65. The molecule has 1 unspecified atom stereocenters. The molecular formula is C14H17BrClN3. The van der Waals surface area contributed by atoms with Gasteiger partial charge in [-0.05, 0) is 41.4 Å². The van der Waals surface area contributed by atoms with Crippen molar-refractivity contribution < 1.29 is 0 Å². The van der Waals surface area contributed by atoms with Crippen molar-refractivity contribution in [2.24, 2.45) is 12.8 Å². The van der Waals surface area contributed by atoms with Gasteiger partial charge in [0.2, 0.25) is 0 Å². The van der Waals surface area contributed by atoms with Crippen molar-refractivity contribution in [3.05, 3.63) is 50.7 Å². The Hall–Kier alpha value is -0.840. The number of benzene rings is 1. The first-order valence-electron chi connectivity index (χ1n) is 6.05. The Labute approximate surface area is 126 Å². The van der Waals surface area contributed by atoms with E-state index in [0.29, 0.717) is 11.4 Å². The third kappa shape index (κ3) is 2.86. The van der Waals surface area contributed by atoms with Gasteiger partial charge >= 0.3 is 0 Å². The smallest absolute Gasteiger partial charge is 0.0738 e. The Morgan fingerprint density at radius 3 is 2.58 bits per heavy atom. The quantitative estimate of drug-likeness (QED) is 0.927. The summed E-state index contributed by atoms with van der Waals surface area (Å²) >= 11 is 9.82. The Morgan fingerprint density at radius 2 is 2.05 bits per heavy atom. The predicted octanol–water partition coefficient (Wildman–Crippen LogP) is 3.56. The lowest BCUT2D eigenvalue weighted by Crippen LogP contribution is -2.36. The molecule has 2 N–H and O–H groups in total. The van der Waals surface area contributed by atoms with Crippen LogP contribution >= 0.6 is 27.5 Å². The zero-order chi connectivity index (χ0) is 14.2. The molecule has 0 fully saturated rings. The maximum Gasteiger partial charge on any atom is 0.0738 e. The first-order chi connectivity index (χ1) is 8.83. The minimum atomic E-state index is -0.541. The molecule has 1 atom stereocenters. The van der Waals surface area contributed by atoms with Crippen LogP contribution in [0.4, 0.5) is 0 Å². The molecule has 0 radical (unpaired) electrons. The van der Waals surface area contributed by atoms with Crippen molar-refractivity contribution in [2.75, 3.05) is 0 Å². The molecule has 0 aliphatic rings. The standard InChI is InChI=1S/C14H17BrClN3/c1-9-13(15)12(19(3)18-9)8-14(2,17)10-6-4-5-7-11(10)16/h4-7H,8,17H2,1-3H3. The van der Waals surface area contributed by atoms with Gasteiger partial charge in [0.05, 0.1) is 15.9 Å². The topological polar surface area (TPSA) is 43.8 Å². The number of nitrogens with zero attached hydrogens (tertiary/aromatic N) is 2. The summed E-state index contributed by atoms with van der Waals surface area (Å²) < 4.78 is 2.88. The molecule has 0 saturated carbocycles. The van der Waals surface area contributed by atoms with E-state index in [1.807, 2.05) is 49.8 Å². The lowest BCUT2D eigenvalue weighted by molar-refractivity contribution is 0.471. The maximum absolute atomic E-state index is 6.47.